The average Bonchev–Trinajstić information content (AvgIpc) is 2.54. The number of benzene rings is 1. The molecule has 122 valence electrons. The third-order valence-electron chi connectivity index (χ3n) is 4.05. The fraction of sp³-hybridized carbons (Fsp3) is 0.368. The molecular weight excluding hydrogens is 352 g/mol. The van der Waals surface area contributed by atoms with Gasteiger partial charge in [0.05, 0.1) is 5.69 Å². The molecule has 0 saturated carbocycles. The minimum Gasteiger partial charge on any atom is -0.347 e. The highest BCUT2D eigenvalue weighted by Crippen LogP contribution is 2.23. The van der Waals surface area contributed by atoms with Crippen LogP contribution in [-0.4, -0.2) is 16.4 Å². The normalized spacial score (nSPS) is 11.3. The Labute approximate surface area is 146 Å². The average molecular weight is 375 g/mol. The molecule has 0 unspecified atom stereocenters. The van der Waals surface area contributed by atoms with Crippen LogP contribution in [0.5, 0.6) is 0 Å². The minimum atomic E-state index is -0.226. The van der Waals surface area contributed by atoms with Gasteiger partial charge in [-0.05, 0) is 60.3 Å². The molecule has 0 saturated heterocycles. The van der Waals surface area contributed by atoms with Crippen LogP contribution in [0.3, 0.4) is 0 Å². The van der Waals surface area contributed by atoms with E-state index in [1.807, 2.05) is 32.0 Å². The van der Waals surface area contributed by atoms with Gasteiger partial charge in [0.15, 0.2) is 0 Å². The standard InChI is InChI=1S/C19H23BrN2O/c1-5-13-7-9-14(10-8-13)16-11-15(12-17(20)21-16)18(23)22-19(3,4)6-2/h7-12H,5-6H2,1-4H3,(H,22,23). The highest BCUT2D eigenvalue weighted by atomic mass is 79.9. The minimum absolute atomic E-state index is 0.0774. The van der Waals surface area contributed by atoms with E-state index in [2.05, 4.69) is 52.2 Å². The van der Waals surface area contributed by atoms with Crippen LogP contribution < -0.4 is 5.32 Å². The Balaban J connectivity index is 2.33. The molecule has 2 aromatic rings. The Kier molecular flexibility index (Phi) is 5.58. The first-order chi connectivity index (χ1) is 10.8. The topological polar surface area (TPSA) is 42.0 Å². The number of amides is 1. The monoisotopic (exact) mass is 374 g/mol. The fourth-order valence-corrected chi connectivity index (χ4v) is 2.59. The van der Waals surface area contributed by atoms with E-state index < -0.39 is 0 Å². The molecule has 0 bridgehead atoms. The molecule has 2 rings (SSSR count). The maximum atomic E-state index is 12.5. The Hall–Kier alpha value is -1.68. The maximum Gasteiger partial charge on any atom is 0.251 e. The van der Waals surface area contributed by atoms with E-state index in [1.165, 1.54) is 5.56 Å². The van der Waals surface area contributed by atoms with Crippen molar-refractivity contribution in [3.63, 3.8) is 0 Å². The molecule has 1 aromatic heterocycles. The van der Waals surface area contributed by atoms with Crippen LogP contribution in [0.2, 0.25) is 0 Å². The third kappa shape index (κ3) is 4.64. The Morgan fingerprint density at radius 2 is 1.83 bits per heavy atom. The van der Waals surface area contributed by atoms with E-state index in [1.54, 1.807) is 6.07 Å². The van der Waals surface area contributed by atoms with Gasteiger partial charge >= 0.3 is 0 Å². The molecule has 1 aromatic carbocycles. The summed E-state index contributed by atoms with van der Waals surface area (Å²) in [7, 11) is 0. The lowest BCUT2D eigenvalue weighted by molar-refractivity contribution is 0.0911. The van der Waals surface area contributed by atoms with E-state index >= 15 is 0 Å². The van der Waals surface area contributed by atoms with Gasteiger partial charge in [-0.15, -0.1) is 0 Å². The molecule has 1 amide bonds. The van der Waals surface area contributed by atoms with Crippen LogP contribution in [0, 0.1) is 0 Å². The molecule has 0 spiro atoms. The summed E-state index contributed by atoms with van der Waals surface area (Å²) in [5, 5.41) is 3.06. The summed E-state index contributed by atoms with van der Waals surface area (Å²) in [5.74, 6) is -0.0774. The first-order valence-electron chi connectivity index (χ1n) is 7.94. The van der Waals surface area contributed by atoms with E-state index in [0.717, 1.165) is 24.1 Å². The molecule has 0 atom stereocenters. The zero-order valence-electron chi connectivity index (χ0n) is 14.1. The summed E-state index contributed by atoms with van der Waals surface area (Å²) in [6, 6.07) is 11.9. The molecule has 23 heavy (non-hydrogen) atoms. The number of rotatable bonds is 5. The Morgan fingerprint density at radius 1 is 1.17 bits per heavy atom. The van der Waals surface area contributed by atoms with Gasteiger partial charge < -0.3 is 5.32 Å². The SMILES string of the molecule is CCc1ccc(-c2cc(C(=O)NC(C)(C)CC)cc(Br)n2)cc1. The Bertz CT molecular complexity index is 693. The van der Waals surface area contributed by atoms with Gasteiger partial charge in [-0.2, -0.15) is 0 Å². The van der Waals surface area contributed by atoms with Gasteiger partial charge in [0.25, 0.3) is 5.91 Å². The van der Waals surface area contributed by atoms with Crippen molar-refractivity contribution in [2.24, 2.45) is 0 Å². The third-order valence-corrected chi connectivity index (χ3v) is 4.46. The van der Waals surface area contributed by atoms with Crippen molar-refractivity contribution in [1.82, 2.24) is 10.3 Å². The highest BCUT2D eigenvalue weighted by molar-refractivity contribution is 9.10. The van der Waals surface area contributed by atoms with Gasteiger partial charge in [-0.25, -0.2) is 4.98 Å². The number of halogens is 1. The number of nitrogens with zero attached hydrogens (tertiary/aromatic N) is 1. The quantitative estimate of drug-likeness (QED) is 0.748. The molecule has 3 nitrogen and oxygen atoms in total. The predicted molar refractivity (Wildman–Crippen MR) is 98.6 cm³/mol. The van der Waals surface area contributed by atoms with E-state index in [9.17, 15) is 4.79 Å². The summed E-state index contributed by atoms with van der Waals surface area (Å²) in [6.07, 6.45) is 1.88. The molecule has 0 fully saturated rings. The second-order valence-corrected chi connectivity index (χ2v) is 7.12. The number of nitrogens with one attached hydrogen (secondary N) is 1. The zero-order chi connectivity index (χ0) is 17.0. The van der Waals surface area contributed by atoms with Gasteiger partial charge in [0.2, 0.25) is 0 Å². The van der Waals surface area contributed by atoms with Crippen molar-refractivity contribution in [1.29, 1.82) is 0 Å². The van der Waals surface area contributed by atoms with E-state index in [-0.39, 0.29) is 11.4 Å². The molecule has 1 heterocycles. The van der Waals surface area contributed by atoms with Crippen LogP contribution in [0.4, 0.5) is 0 Å². The summed E-state index contributed by atoms with van der Waals surface area (Å²) in [6.45, 7) is 8.23. The van der Waals surface area contributed by atoms with Gasteiger partial charge in [-0.1, -0.05) is 38.1 Å². The molecule has 0 aliphatic rings. The zero-order valence-corrected chi connectivity index (χ0v) is 15.7. The summed E-state index contributed by atoms with van der Waals surface area (Å²) in [4.78, 5) is 17.0. The van der Waals surface area contributed by atoms with Crippen LogP contribution >= 0.6 is 15.9 Å². The Morgan fingerprint density at radius 3 is 2.39 bits per heavy atom. The number of carbonyl (C=O) groups excluding carboxylic acids is 1. The van der Waals surface area contributed by atoms with Crippen molar-refractivity contribution in [2.45, 2.75) is 46.1 Å². The lowest BCUT2D eigenvalue weighted by Crippen LogP contribution is -2.42. The van der Waals surface area contributed by atoms with Gasteiger partial charge in [0.1, 0.15) is 4.60 Å². The number of aromatic nitrogens is 1. The van der Waals surface area contributed by atoms with Crippen molar-refractivity contribution < 1.29 is 4.79 Å². The number of pyridine rings is 1. The first kappa shape index (κ1) is 17.7. The summed E-state index contributed by atoms with van der Waals surface area (Å²) in [5.41, 5.74) is 3.47. The second-order valence-electron chi connectivity index (χ2n) is 6.31. The molecule has 4 heteroatoms. The number of aryl methyl sites for hydroxylation is 1. The molecule has 0 radical (unpaired) electrons. The van der Waals surface area contributed by atoms with E-state index in [4.69, 9.17) is 0 Å². The van der Waals surface area contributed by atoms with Crippen molar-refractivity contribution in [3.05, 3.63) is 52.1 Å². The van der Waals surface area contributed by atoms with Crippen molar-refractivity contribution >= 4 is 21.8 Å². The van der Waals surface area contributed by atoms with Gasteiger partial charge in [-0.3, -0.25) is 4.79 Å². The molecular formula is C19H23BrN2O. The van der Waals surface area contributed by atoms with Crippen LogP contribution in [-0.2, 0) is 6.42 Å². The van der Waals surface area contributed by atoms with Crippen molar-refractivity contribution in [3.8, 4) is 11.3 Å². The van der Waals surface area contributed by atoms with Crippen LogP contribution in [0.25, 0.3) is 11.3 Å². The lowest BCUT2D eigenvalue weighted by Gasteiger charge is -2.24. The molecule has 0 aliphatic carbocycles. The van der Waals surface area contributed by atoms with E-state index in [0.29, 0.717) is 10.2 Å². The summed E-state index contributed by atoms with van der Waals surface area (Å²) >= 11 is 3.41. The van der Waals surface area contributed by atoms with Gasteiger partial charge in [0, 0.05) is 16.7 Å². The smallest absolute Gasteiger partial charge is 0.251 e. The maximum absolute atomic E-state index is 12.5. The second kappa shape index (κ2) is 7.26. The lowest BCUT2D eigenvalue weighted by atomic mass is 10.0. The fourth-order valence-electron chi connectivity index (χ4n) is 2.15. The van der Waals surface area contributed by atoms with Crippen molar-refractivity contribution in [2.75, 3.05) is 0 Å². The number of carbonyl (C=O) groups is 1. The molecule has 1 N–H and O–H groups in total. The predicted octanol–water partition coefficient (Wildman–Crippen LogP) is 4.99. The van der Waals surface area contributed by atoms with Crippen LogP contribution in [0.1, 0.15) is 50.0 Å². The number of hydrogen-bond donors (Lipinski definition) is 1. The highest BCUT2D eigenvalue weighted by Gasteiger charge is 2.19. The molecule has 0 aliphatic heterocycles. The first-order valence-corrected chi connectivity index (χ1v) is 8.73. The largest absolute Gasteiger partial charge is 0.347 e. The van der Waals surface area contributed by atoms with Crippen LogP contribution in [0.15, 0.2) is 41.0 Å². The summed E-state index contributed by atoms with van der Waals surface area (Å²) < 4.78 is 0.661. The number of hydrogen-bond acceptors (Lipinski definition) is 2.